The van der Waals surface area contributed by atoms with E-state index < -0.39 is 0 Å². The maximum absolute atomic E-state index is 11.3. The number of nitrogen functional groups attached to an aromatic ring is 1. The molecule has 0 spiro atoms. The van der Waals surface area contributed by atoms with E-state index in [1.165, 1.54) is 0 Å². The molecule has 0 radical (unpaired) electrons. The number of ether oxygens (including phenoxy) is 1. The number of carbonyl (C=O) groups excluding carboxylic acids is 1. The van der Waals surface area contributed by atoms with Crippen molar-refractivity contribution in [2.75, 3.05) is 12.8 Å². The Morgan fingerprint density at radius 3 is 2.60 bits per heavy atom. The van der Waals surface area contributed by atoms with Gasteiger partial charge >= 0.3 is 0 Å². The summed E-state index contributed by atoms with van der Waals surface area (Å²) in [6.07, 6.45) is 0.764. The number of nitrogens with zero attached hydrogens (tertiary/aromatic N) is 2. The molecule has 0 atom stereocenters. The number of carbonyl (C=O) groups is 1. The summed E-state index contributed by atoms with van der Waals surface area (Å²) in [4.78, 5) is 11.3. The summed E-state index contributed by atoms with van der Waals surface area (Å²) in [5.74, 6) is 1.18. The fraction of sp³-hybridized carbons (Fsp3) is 0.333. The molecule has 2 aromatic rings. The van der Waals surface area contributed by atoms with Crippen molar-refractivity contribution in [3.8, 4) is 17.0 Å². The molecule has 2 N–H and O–H groups in total. The van der Waals surface area contributed by atoms with Gasteiger partial charge in [0.05, 0.1) is 12.7 Å². The molecule has 0 aliphatic rings. The molecule has 20 heavy (non-hydrogen) atoms. The molecule has 106 valence electrons. The maximum Gasteiger partial charge on any atom is 0.156 e. The van der Waals surface area contributed by atoms with Crippen LogP contribution in [0.3, 0.4) is 0 Å². The molecule has 0 fully saturated rings. The molecular weight excluding hydrogens is 254 g/mol. The summed E-state index contributed by atoms with van der Waals surface area (Å²) in [7, 11) is 1.62. The Labute approximate surface area is 118 Å². The Kier molecular flexibility index (Phi) is 3.79. The van der Waals surface area contributed by atoms with Gasteiger partial charge < -0.3 is 10.5 Å². The first kappa shape index (κ1) is 14.1. The predicted molar refractivity (Wildman–Crippen MR) is 79.1 cm³/mol. The van der Waals surface area contributed by atoms with E-state index in [9.17, 15) is 4.79 Å². The topological polar surface area (TPSA) is 70.1 Å². The second-order valence-electron chi connectivity index (χ2n) is 4.98. The van der Waals surface area contributed by atoms with Gasteiger partial charge in [0.25, 0.3) is 0 Å². The fourth-order valence-corrected chi connectivity index (χ4v) is 2.20. The van der Waals surface area contributed by atoms with Gasteiger partial charge in [0.2, 0.25) is 0 Å². The third kappa shape index (κ3) is 2.27. The zero-order chi connectivity index (χ0) is 14.9. The quantitative estimate of drug-likeness (QED) is 0.870. The molecule has 2 rings (SSSR count). The van der Waals surface area contributed by atoms with Crippen molar-refractivity contribution in [1.29, 1.82) is 0 Å². The number of hydrogen-bond donors (Lipinski definition) is 1. The van der Waals surface area contributed by atoms with Gasteiger partial charge in [-0.15, -0.1) is 0 Å². The Morgan fingerprint density at radius 2 is 2.10 bits per heavy atom. The van der Waals surface area contributed by atoms with E-state index in [1.807, 2.05) is 39.0 Å². The first-order valence-electron chi connectivity index (χ1n) is 6.47. The fourth-order valence-electron chi connectivity index (χ4n) is 2.20. The standard InChI is InChI=1S/C15H19N3O2/c1-9(2)18-15(16)13(8-19)14(17-18)12-6-5-11(20-4)7-10(12)3/h5-9H,16H2,1-4H3. The number of rotatable bonds is 4. The molecule has 5 heteroatoms. The average molecular weight is 273 g/mol. The number of nitrogens with two attached hydrogens (primary N) is 1. The monoisotopic (exact) mass is 273 g/mol. The van der Waals surface area contributed by atoms with E-state index >= 15 is 0 Å². The SMILES string of the molecule is COc1ccc(-c2nn(C(C)C)c(N)c2C=O)c(C)c1. The van der Waals surface area contributed by atoms with E-state index in [1.54, 1.807) is 11.8 Å². The van der Waals surface area contributed by atoms with E-state index in [-0.39, 0.29) is 6.04 Å². The number of aldehydes is 1. The largest absolute Gasteiger partial charge is 0.497 e. The first-order chi connectivity index (χ1) is 9.49. The van der Waals surface area contributed by atoms with E-state index in [2.05, 4.69) is 5.10 Å². The van der Waals surface area contributed by atoms with Gasteiger partial charge in [-0.2, -0.15) is 5.10 Å². The van der Waals surface area contributed by atoms with Gasteiger partial charge in [-0.05, 0) is 44.5 Å². The van der Waals surface area contributed by atoms with Crippen molar-refractivity contribution in [3.63, 3.8) is 0 Å². The molecule has 0 saturated carbocycles. The van der Waals surface area contributed by atoms with Gasteiger partial charge in [-0.25, -0.2) is 4.68 Å². The van der Waals surface area contributed by atoms with Gasteiger partial charge in [0, 0.05) is 11.6 Å². The highest BCUT2D eigenvalue weighted by atomic mass is 16.5. The lowest BCUT2D eigenvalue weighted by Gasteiger charge is -2.07. The third-order valence-corrected chi connectivity index (χ3v) is 3.28. The molecule has 0 amide bonds. The van der Waals surface area contributed by atoms with Crippen LogP contribution in [0.1, 0.15) is 35.8 Å². The highest BCUT2D eigenvalue weighted by Gasteiger charge is 2.19. The van der Waals surface area contributed by atoms with Crippen molar-refractivity contribution in [2.24, 2.45) is 0 Å². The van der Waals surface area contributed by atoms with E-state index in [0.29, 0.717) is 17.1 Å². The van der Waals surface area contributed by atoms with Crippen molar-refractivity contribution < 1.29 is 9.53 Å². The van der Waals surface area contributed by atoms with Crippen molar-refractivity contribution in [1.82, 2.24) is 9.78 Å². The smallest absolute Gasteiger partial charge is 0.156 e. The molecule has 1 aromatic heterocycles. The lowest BCUT2D eigenvalue weighted by Crippen LogP contribution is -2.07. The molecule has 0 saturated heterocycles. The van der Waals surface area contributed by atoms with Crippen LogP contribution in [-0.2, 0) is 0 Å². The highest BCUT2D eigenvalue weighted by molar-refractivity contribution is 5.92. The van der Waals surface area contributed by atoms with Crippen LogP contribution in [0.4, 0.5) is 5.82 Å². The molecule has 0 unspecified atom stereocenters. The summed E-state index contributed by atoms with van der Waals surface area (Å²) in [5.41, 5.74) is 8.93. The third-order valence-electron chi connectivity index (χ3n) is 3.28. The van der Waals surface area contributed by atoms with Gasteiger partial charge in [0.1, 0.15) is 17.3 Å². The van der Waals surface area contributed by atoms with Crippen LogP contribution in [0.25, 0.3) is 11.3 Å². The Hall–Kier alpha value is -2.30. The second kappa shape index (κ2) is 5.36. The number of benzene rings is 1. The zero-order valence-electron chi connectivity index (χ0n) is 12.2. The van der Waals surface area contributed by atoms with Crippen LogP contribution in [0.2, 0.25) is 0 Å². The summed E-state index contributed by atoms with van der Waals surface area (Å²) < 4.78 is 6.86. The zero-order valence-corrected chi connectivity index (χ0v) is 12.2. The Morgan fingerprint density at radius 1 is 1.40 bits per heavy atom. The minimum Gasteiger partial charge on any atom is -0.497 e. The number of aromatic nitrogens is 2. The lowest BCUT2D eigenvalue weighted by atomic mass is 10.0. The lowest BCUT2D eigenvalue weighted by molar-refractivity contribution is 0.112. The van der Waals surface area contributed by atoms with Crippen LogP contribution < -0.4 is 10.5 Å². The van der Waals surface area contributed by atoms with Crippen LogP contribution in [0, 0.1) is 6.92 Å². The average Bonchev–Trinajstić information content (AvgIpc) is 2.75. The molecule has 0 aliphatic carbocycles. The highest BCUT2D eigenvalue weighted by Crippen LogP contribution is 2.31. The summed E-state index contributed by atoms with van der Waals surface area (Å²) >= 11 is 0. The van der Waals surface area contributed by atoms with Crippen molar-refractivity contribution >= 4 is 12.1 Å². The summed E-state index contributed by atoms with van der Waals surface area (Å²) in [6.45, 7) is 5.90. The van der Waals surface area contributed by atoms with Crippen molar-refractivity contribution in [2.45, 2.75) is 26.8 Å². The van der Waals surface area contributed by atoms with Crippen LogP contribution in [0.15, 0.2) is 18.2 Å². The molecule has 0 bridgehead atoms. The van der Waals surface area contributed by atoms with Crippen LogP contribution in [-0.4, -0.2) is 23.2 Å². The van der Waals surface area contributed by atoms with E-state index in [4.69, 9.17) is 10.5 Å². The molecule has 5 nitrogen and oxygen atoms in total. The predicted octanol–water partition coefficient (Wildman–Crippen LogP) is 2.84. The van der Waals surface area contributed by atoms with Crippen LogP contribution >= 0.6 is 0 Å². The first-order valence-corrected chi connectivity index (χ1v) is 6.47. The number of methoxy groups -OCH3 is 1. The maximum atomic E-state index is 11.3. The summed E-state index contributed by atoms with van der Waals surface area (Å²) in [6, 6.07) is 5.75. The molecule has 1 aromatic carbocycles. The van der Waals surface area contributed by atoms with Gasteiger partial charge in [-0.3, -0.25) is 4.79 Å². The minimum atomic E-state index is 0.0982. The van der Waals surface area contributed by atoms with E-state index in [0.717, 1.165) is 23.2 Å². The Bertz CT molecular complexity index is 645. The van der Waals surface area contributed by atoms with Gasteiger partial charge in [-0.1, -0.05) is 0 Å². The van der Waals surface area contributed by atoms with Gasteiger partial charge in [0.15, 0.2) is 6.29 Å². The second-order valence-corrected chi connectivity index (χ2v) is 4.98. The Balaban J connectivity index is 2.63. The number of aryl methyl sites for hydroxylation is 1. The molecule has 0 aliphatic heterocycles. The van der Waals surface area contributed by atoms with Crippen molar-refractivity contribution in [3.05, 3.63) is 29.3 Å². The molecular formula is C15H19N3O2. The summed E-state index contributed by atoms with van der Waals surface area (Å²) in [5, 5.41) is 4.49. The minimum absolute atomic E-state index is 0.0982. The normalized spacial score (nSPS) is 10.8. The number of anilines is 1. The number of hydrogen-bond acceptors (Lipinski definition) is 4. The molecule has 1 heterocycles. The van der Waals surface area contributed by atoms with Crippen LogP contribution in [0.5, 0.6) is 5.75 Å².